The number of rotatable bonds is 5. The van der Waals surface area contributed by atoms with Crippen molar-refractivity contribution in [1.82, 2.24) is 20.0 Å². The van der Waals surface area contributed by atoms with E-state index in [1.54, 1.807) is 19.2 Å². The highest BCUT2D eigenvalue weighted by molar-refractivity contribution is 5.91. The van der Waals surface area contributed by atoms with Crippen molar-refractivity contribution in [3.63, 3.8) is 0 Å². The Morgan fingerprint density at radius 2 is 1.71 bits per heavy atom. The number of nitrogens with zero attached hydrogens (tertiary/aromatic N) is 4. The summed E-state index contributed by atoms with van der Waals surface area (Å²) in [7, 11) is 5.94. The molecule has 1 amide bonds. The molecule has 1 aliphatic heterocycles. The summed E-state index contributed by atoms with van der Waals surface area (Å²) >= 11 is 0. The van der Waals surface area contributed by atoms with Gasteiger partial charge in [0.25, 0.3) is 5.91 Å². The van der Waals surface area contributed by atoms with Crippen LogP contribution < -0.4 is 5.32 Å². The molecular weight excluding hydrogens is 354 g/mol. The molecule has 1 saturated heterocycles. The van der Waals surface area contributed by atoms with Gasteiger partial charge in [-0.1, -0.05) is 24.3 Å². The van der Waals surface area contributed by atoms with Gasteiger partial charge in [-0.2, -0.15) is 0 Å². The van der Waals surface area contributed by atoms with E-state index in [2.05, 4.69) is 58.5 Å². The molecular formula is C21H29N5O2. The maximum Gasteiger partial charge on any atom is 0.289 e. The second-order valence-corrected chi connectivity index (χ2v) is 7.21. The zero-order chi connectivity index (χ0) is 19.9. The first-order valence-electron chi connectivity index (χ1n) is 9.57. The average molecular weight is 383 g/mol. The van der Waals surface area contributed by atoms with Crippen LogP contribution in [0.4, 0.5) is 0 Å². The summed E-state index contributed by atoms with van der Waals surface area (Å²) < 4.78 is 5.22. The Labute approximate surface area is 166 Å². The van der Waals surface area contributed by atoms with E-state index in [-0.39, 0.29) is 5.91 Å². The lowest BCUT2D eigenvalue weighted by Gasteiger charge is -2.36. The highest BCUT2D eigenvalue weighted by Gasteiger charge is 2.25. The zero-order valence-corrected chi connectivity index (χ0v) is 16.9. The topological polar surface area (TPSA) is 64.3 Å². The van der Waals surface area contributed by atoms with Crippen LogP contribution in [-0.4, -0.2) is 73.9 Å². The summed E-state index contributed by atoms with van der Waals surface area (Å²) in [4.78, 5) is 23.0. The molecule has 28 heavy (non-hydrogen) atoms. The van der Waals surface area contributed by atoms with Gasteiger partial charge in [0, 0.05) is 46.3 Å². The number of nitrogens with one attached hydrogen (secondary N) is 1. The molecule has 7 nitrogen and oxygen atoms in total. The zero-order valence-electron chi connectivity index (χ0n) is 16.9. The molecule has 150 valence electrons. The summed E-state index contributed by atoms with van der Waals surface area (Å²) in [5.41, 5.74) is 2.52. The molecule has 2 heterocycles. The second-order valence-electron chi connectivity index (χ2n) is 7.21. The van der Waals surface area contributed by atoms with Crippen LogP contribution in [-0.2, 0) is 13.1 Å². The predicted molar refractivity (Wildman–Crippen MR) is 110 cm³/mol. The first kappa shape index (κ1) is 19.9. The smallest absolute Gasteiger partial charge is 0.289 e. The van der Waals surface area contributed by atoms with Crippen LogP contribution in [0.3, 0.4) is 0 Å². The SMILES string of the molecule is CN=C(NCc1ccc(CN(C)C)cc1)N1CCN(C(=O)c2ccco2)CC1. The molecule has 1 fully saturated rings. The monoisotopic (exact) mass is 383 g/mol. The molecule has 1 aromatic carbocycles. The van der Waals surface area contributed by atoms with Crippen molar-refractivity contribution in [3.8, 4) is 0 Å². The van der Waals surface area contributed by atoms with Crippen molar-refractivity contribution in [2.75, 3.05) is 47.3 Å². The molecule has 0 radical (unpaired) electrons. The fourth-order valence-corrected chi connectivity index (χ4v) is 3.32. The first-order chi connectivity index (χ1) is 13.6. The maximum absolute atomic E-state index is 12.4. The molecule has 7 heteroatoms. The Kier molecular flexibility index (Phi) is 6.71. The molecule has 1 N–H and O–H groups in total. The fourth-order valence-electron chi connectivity index (χ4n) is 3.32. The third-order valence-electron chi connectivity index (χ3n) is 4.78. The normalized spacial score (nSPS) is 15.2. The lowest BCUT2D eigenvalue weighted by Crippen LogP contribution is -2.53. The van der Waals surface area contributed by atoms with Crippen LogP contribution in [0.25, 0.3) is 0 Å². The molecule has 1 aliphatic rings. The minimum atomic E-state index is -0.0505. The van der Waals surface area contributed by atoms with Gasteiger partial charge >= 0.3 is 0 Å². The first-order valence-corrected chi connectivity index (χ1v) is 9.57. The van der Waals surface area contributed by atoms with E-state index < -0.39 is 0 Å². The Bertz CT molecular complexity index is 776. The van der Waals surface area contributed by atoms with Crippen LogP contribution >= 0.6 is 0 Å². The van der Waals surface area contributed by atoms with Crippen molar-refractivity contribution in [2.24, 2.45) is 4.99 Å². The second kappa shape index (κ2) is 9.41. The van der Waals surface area contributed by atoms with Crippen molar-refractivity contribution in [3.05, 3.63) is 59.5 Å². The van der Waals surface area contributed by atoms with E-state index in [9.17, 15) is 4.79 Å². The molecule has 0 atom stereocenters. The lowest BCUT2D eigenvalue weighted by molar-refractivity contribution is 0.0657. The minimum absolute atomic E-state index is 0.0505. The van der Waals surface area contributed by atoms with Crippen LogP contribution in [0.5, 0.6) is 0 Å². The van der Waals surface area contributed by atoms with Gasteiger partial charge in [-0.25, -0.2) is 0 Å². The van der Waals surface area contributed by atoms with E-state index in [1.165, 1.54) is 17.4 Å². The standard InChI is InChI=1S/C21H29N5O2/c1-22-21(23-15-17-6-8-18(9-7-17)16-24(2)3)26-12-10-25(11-13-26)20(27)19-5-4-14-28-19/h4-9,14H,10-13,15-16H2,1-3H3,(H,22,23). The number of guanidine groups is 1. The Morgan fingerprint density at radius 1 is 1.07 bits per heavy atom. The molecule has 0 unspecified atom stereocenters. The molecule has 0 bridgehead atoms. The summed E-state index contributed by atoms with van der Waals surface area (Å²) in [5, 5.41) is 3.43. The largest absolute Gasteiger partial charge is 0.459 e. The van der Waals surface area contributed by atoms with Crippen LogP contribution in [0.15, 0.2) is 52.1 Å². The number of furan rings is 1. The van der Waals surface area contributed by atoms with E-state index >= 15 is 0 Å². The van der Waals surface area contributed by atoms with E-state index in [4.69, 9.17) is 4.42 Å². The summed E-state index contributed by atoms with van der Waals surface area (Å²) in [6, 6.07) is 12.1. The third kappa shape index (κ3) is 5.13. The highest BCUT2D eigenvalue weighted by atomic mass is 16.3. The van der Waals surface area contributed by atoms with Gasteiger partial charge in [-0.3, -0.25) is 9.79 Å². The number of benzene rings is 1. The molecule has 2 aromatic rings. The number of hydrogen-bond acceptors (Lipinski definition) is 4. The van der Waals surface area contributed by atoms with Crippen molar-refractivity contribution >= 4 is 11.9 Å². The van der Waals surface area contributed by atoms with E-state index in [0.717, 1.165) is 32.1 Å². The van der Waals surface area contributed by atoms with Crippen LogP contribution in [0, 0.1) is 0 Å². The van der Waals surface area contributed by atoms with Crippen LogP contribution in [0.1, 0.15) is 21.7 Å². The Morgan fingerprint density at radius 3 is 2.29 bits per heavy atom. The van der Waals surface area contributed by atoms with Gasteiger partial charge in [-0.15, -0.1) is 0 Å². The number of hydrogen-bond donors (Lipinski definition) is 1. The van der Waals surface area contributed by atoms with Crippen LogP contribution in [0.2, 0.25) is 0 Å². The van der Waals surface area contributed by atoms with Gasteiger partial charge in [0.15, 0.2) is 11.7 Å². The summed E-state index contributed by atoms with van der Waals surface area (Å²) in [5.74, 6) is 1.21. The van der Waals surface area contributed by atoms with Crippen molar-refractivity contribution in [1.29, 1.82) is 0 Å². The predicted octanol–water partition coefficient (Wildman–Crippen LogP) is 1.87. The van der Waals surface area contributed by atoms with E-state index in [1.807, 2.05) is 4.90 Å². The molecule has 1 aromatic heterocycles. The number of carbonyl (C=O) groups excluding carboxylic acids is 1. The van der Waals surface area contributed by atoms with Gasteiger partial charge in [-0.05, 0) is 37.4 Å². The number of amides is 1. The number of piperazine rings is 1. The van der Waals surface area contributed by atoms with Gasteiger partial charge in [0.05, 0.1) is 6.26 Å². The summed E-state index contributed by atoms with van der Waals surface area (Å²) in [6.07, 6.45) is 1.53. The van der Waals surface area contributed by atoms with Crippen molar-refractivity contribution in [2.45, 2.75) is 13.1 Å². The molecule has 0 saturated carbocycles. The third-order valence-corrected chi connectivity index (χ3v) is 4.78. The molecule has 0 spiro atoms. The van der Waals surface area contributed by atoms with E-state index in [0.29, 0.717) is 18.8 Å². The van der Waals surface area contributed by atoms with Gasteiger partial charge in [0.2, 0.25) is 0 Å². The maximum atomic E-state index is 12.4. The average Bonchev–Trinajstić information content (AvgIpc) is 3.24. The Hall–Kier alpha value is -2.80. The molecule has 3 rings (SSSR count). The van der Waals surface area contributed by atoms with Crippen molar-refractivity contribution < 1.29 is 9.21 Å². The summed E-state index contributed by atoms with van der Waals surface area (Å²) in [6.45, 7) is 4.46. The number of aliphatic imine (C=N–C) groups is 1. The molecule has 0 aliphatic carbocycles. The fraction of sp³-hybridized carbons (Fsp3) is 0.429. The lowest BCUT2D eigenvalue weighted by atomic mass is 10.1. The minimum Gasteiger partial charge on any atom is -0.459 e. The van der Waals surface area contributed by atoms with Gasteiger partial charge in [0.1, 0.15) is 0 Å². The highest BCUT2D eigenvalue weighted by Crippen LogP contribution is 2.10. The Balaban J connectivity index is 1.49. The quantitative estimate of drug-likeness (QED) is 0.631. The van der Waals surface area contributed by atoms with Gasteiger partial charge < -0.3 is 24.4 Å². The number of carbonyl (C=O) groups is 1.